The molecule has 0 aromatic heterocycles. The summed E-state index contributed by atoms with van der Waals surface area (Å²) < 4.78 is 23.3. The summed E-state index contributed by atoms with van der Waals surface area (Å²) >= 11 is 0. The minimum absolute atomic E-state index is 0. The summed E-state index contributed by atoms with van der Waals surface area (Å²) in [5.41, 5.74) is 7.54. The van der Waals surface area contributed by atoms with Gasteiger partial charge in [-0.25, -0.2) is 0 Å². The van der Waals surface area contributed by atoms with E-state index in [1.54, 1.807) is 7.11 Å². The van der Waals surface area contributed by atoms with Crippen molar-refractivity contribution in [3.05, 3.63) is 76.3 Å². The number of methoxy groups -OCH3 is 1. The molecule has 1 heterocycles. The molecule has 0 saturated heterocycles. The van der Waals surface area contributed by atoms with Gasteiger partial charge in [-0.15, -0.1) is 0 Å². The van der Waals surface area contributed by atoms with Crippen molar-refractivity contribution < 1.29 is 58.4 Å². The summed E-state index contributed by atoms with van der Waals surface area (Å²) in [6.45, 7) is 7.84. The number of hydrogen-bond donors (Lipinski definition) is 0. The molecule has 3 aromatic rings. The first-order valence-corrected chi connectivity index (χ1v) is 12.8. The largest absolute Gasteiger partial charge is 1.00 e. The zero-order valence-corrected chi connectivity index (χ0v) is 24.9. The van der Waals surface area contributed by atoms with Gasteiger partial charge in [-0.3, -0.25) is 0 Å². The predicted octanol–water partition coefficient (Wildman–Crippen LogP) is 2.04. The number of aliphatic carboxylic acids is 1. The topological polar surface area (TPSA) is 77.0 Å². The quantitative estimate of drug-likeness (QED) is 0.299. The molecule has 1 spiro atoms. The fourth-order valence-electron chi connectivity index (χ4n) is 5.54. The number of hydrogen-bond acceptors (Lipinski definition) is 6. The molecule has 3 aromatic carbocycles. The normalized spacial score (nSPS) is 16.4. The number of rotatable bonds is 10. The van der Waals surface area contributed by atoms with E-state index in [-0.39, 0.29) is 47.5 Å². The van der Waals surface area contributed by atoms with Crippen LogP contribution in [0.3, 0.4) is 0 Å². The molecule has 2 aliphatic rings. The number of benzene rings is 3. The minimum Gasteiger partial charge on any atom is -0.550 e. The third kappa shape index (κ3) is 5.74. The Hall–Kier alpha value is -2.51. The summed E-state index contributed by atoms with van der Waals surface area (Å²) in [6.07, 6.45) is 1.74. The molecule has 5 rings (SSSR count). The van der Waals surface area contributed by atoms with Crippen molar-refractivity contribution in [2.24, 2.45) is 0 Å². The monoisotopic (exact) mass is 524 g/mol. The van der Waals surface area contributed by atoms with E-state index in [9.17, 15) is 9.90 Å². The van der Waals surface area contributed by atoms with E-state index in [1.165, 1.54) is 16.7 Å². The molecule has 1 aliphatic heterocycles. The van der Waals surface area contributed by atoms with Crippen LogP contribution >= 0.6 is 0 Å². The second-order valence-corrected chi connectivity index (χ2v) is 10.1. The van der Waals surface area contributed by atoms with Crippen molar-refractivity contribution in [1.82, 2.24) is 0 Å². The number of ether oxygens (including phenoxy) is 4. The maximum Gasteiger partial charge on any atom is 1.00 e. The maximum atomic E-state index is 11.3. The number of carbonyl (C=O) groups excluding carboxylic acids is 1. The maximum absolute atomic E-state index is 11.3. The number of fused-ring (bicyclic) bond motifs is 1. The standard InChI is InChI=1S/C31H34O6.Na/c1-19-14-24(35-13-12-34-4)15-20(2)30(19)25-7-5-6-22(21(25)3)18-36-23-8-9-26-27(17-29(32)33)31(10-11-31)37-28(26)16-23;/h5-9,14-16,27H,10-13,17-18H2,1-4H3,(H,32,33);/q;+1/p-1. The Bertz CT molecular complexity index is 1310. The Morgan fingerprint density at radius 2 is 1.74 bits per heavy atom. The van der Waals surface area contributed by atoms with Gasteiger partial charge in [-0.05, 0) is 91.6 Å². The van der Waals surface area contributed by atoms with Crippen molar-refractivity contribution in [3.8, 4) is 28.4 Å². The van der Waals surface area contributed by atoms with Crippen molar-refractivity contribution >= 4 is 5.97 Å². The van der Waals surface area contributed by atoms with Gasteiger partial charge in [0, 0.05) is 30.6 Å². The number of carboxylic acid groups (broad SMARTS) is 1. The Labute approximate surface area is 246 Å². The van der Waals surface area contributed by atoms with Gasteiger partial charge in [-0.2, -0.15) is 0 Å². The average Bonchev–Trinajstić information content (AvgIpc) is 3.56. The fraction of sp³-hybridized carbons (Fsp3) is 0.387. The third-order valence-corrected chi connectivity index (χ3v) is 7.59. The second-order valence-electron chi connectivity index (χ2n) is 10.1. The summed E-state index contributed by atoms with van der Waals surface area (Å²) in [4.78, 5) is 11.3. The number of aryl methyl sites for hydroxylation is 2. The van der Waals surface area contributed by atoms with Crippen LogP contribution in [0.5, 0.6) is 17.2 Å². The summed E-state index contributed by atoms with van der Waals surface area (Å²) in [6, 6.07) is 16.2. The van der Waals surface area contributed by atoms with Gasteiger partial charge >= 0.3 is 29.6 Å². The number of carbonyl (C=O) groups is 1. The number of carboxylic acids is 1. The molecule has 0 N–H and O–H groups in total. The van der Waals surface area contributed by atoms with Crippen LogP contribution in [0.4, 0.5) is 0 Å². The molecule has 0 amide bonds. The Morgan fingerprint density at radius 3 is 2.39 bits per heavy atom. The van der Waals surface area contributed by atoms with Gasteiger partial charge in [0.25, 0.3) is 0 Å². The smallest absolute Gasteiger partial charge is 0.550 e. The van der Waals surface area contributed by atoms with Crippen LogP contribution in [-0.4, -0.2) is 31.9 Å². The fourth-order valence-corrected chi connectivity index (χ4v) is 5.54. The SMILES string of the molecule is COCCOc1cc(C)c(-c2cccc(COc3ccc4c(c3)OC3(CC3)C4CC(=O)[O-])c2C)c(C)c1.[Na+]. The van der Waals surface area contributed by atoms with Gasteiger partial charge < -0.3 is 28.8 Å². The second kappa shape index (κ2) is 11.7. The van der Waals surface area contributed by atoms with Crippen LogP contribution in [0.15, 0.2) is 48.5 Å². The molecule has 1 fully saturated rings. The van der Waals surface area contributed by atoms with Crippen LogP contribution in [0.25, 0.3) is 11.1 Å². The van der Waals surface area contributed by atoms with Gasteiger partial charge in [0.2, 0.25) is 0 Å². The van der Waals surface area contributed by atoms with E-state index in [0.717, 1.165) is 46.6 Å². The van der Waals surface area contributed by atoms with Crippen LogP contribution in [-0.2, 0) is 16.1 Å². The summed E-state index contributed by atoms with van der Waals surface area (Å²) in [5, 5.41) is 11.3. The summed E-state index contributed by atoms with van der Waals surface area (Å²) in [5.74, 6) is 1.09. The van der Waals surface area contributed by atoms with Crippen LogP contribution in [0, 0.1) is 20.8 Å². The van der Waals surface area contributed by atoms with Crippen molar-refractivity contribution in [3.63, 3.8) is 0 Å². The molecule has 1 unspecified atom stereocenters. The molecule has 0 radical (unpaired) electrons. The zero-order chi connectivity index (χ0) is 26.2. The third-order valence-electron chi connectivity index (χ3n) is 7.59. The first kappa shape index (κ1) is 28.5. The molecule has 1 saturated carbocycles. The first-order valence-electron chi connectivity index (χ1n) is 12.8. The van der Waals surface area contributed by atoms with E-state index in [0.29, 0.717) is 25.6 Å². The molecule has 6 nitrogen and oxygen atoms in total. The van der Waals surface area contributed by atoms with Gasteiger partial charge in [0.05, 0.1) is 6.61 Å². The Kier molecular flexibility index (Phi) is 8.78. The van der Waals surface area contributed by atoms with Gasteiger partial charge in [-0.1, -0.05) is 24.3 Å². The van der Waals surface area contributed by atoms with Crippen molar-refractivity contribution in [1.29, 1.82) is 0 Å². The van der Waals surface area contributed by atoms with Crippen molar-refractivity contribution in [2.75, 3.05) is 20.3 Å². The van der Waals surface area contributed by atoms with Gasteiger partial charge in [0.15, 0.2) is 0 Å². The Balaban J connectivity index is 0.00000336. The van der Waals surface area contributed by atoms with Crippen LogP contribution < -0.4 is 48.9 Å². The van der Waals surface area contributed by atoms with Crippen LogP contribution in [0.2, 0.25) is 0 Å². The molecule has 194 valence electrons. The minimum atomic E-state index is -1.04. The first-order chi connectivity index (χ1) is 17.8. The molecular formula is C31H33NaO6. The molecule has 0 bridgehead atoms. The Morgan fingerprint density at radius 1 is 1.00 bits per heavy atom. The zero-order valence-electron chi connectivity index (χ0n) is 22.9. The summed E-state index contributed by atoms with van der Waals surface area (Å²) in [7, 11) is 1.67. The van der Waals surface area contributed by atoms with E-state index in [2.05, 4.69) is 51.1 Å². The molecular weight excluding hydrogens is 491 g/mol. The van der Waals surface area contributed by atoms with E-state index in [4.69, 9.17) is 18.9 Å². The average molecular weight is 525 g/mol. The van der Waals surface area contributed by atoms with Crippen LogP contribution in [0.1, 0.15) is 53.0 Å². The molecule has 1 aliphatic carbocycles. The van der Waals surface area contributed by atoms with Gasteiger partial charge in [0.1, 0.15) is 36.1 Å². The van der Waals surface area contributed by atoms with E-state index >= 15 is 0 Å². The predicted molar refractivity (Wildman–Crippen MR) is 139 cm³/mol. The van der Waals surface area contributed by atoms with E-state index in [1.807, 2.05) is 18.2 Å². The molecule has 1 atom stereocenters. The van der Waals surface area contributed by atoms with E-state index < -0.39 is 5.97 Å². The molecule has 38 heavy (non-hydrogen) atoms. The van der Waals surface area contributed by atoms with Crippen molar-refractivity contribution in [2.45, 2.75) is 58.2 Å². The molecule has 7 heteroatoms.